The van der Waals surface area contributed by atoms with Crippen molar-refractivity contribution in [3.8, 4) is 5.75 Å². The normalized spacial score (nSPS) is 16.9. The molecule has 0 aliphatic carbocycles. The minimum Gasteiger partial charge on any atom is -0.492 e. The van der Waals surface area contributed by atoms with Crippen LogP contribution < -0.4 is 15.0 Å². The van der Waals surface area contributed by atoms with Gasteiger partial charge in [-0.2, -0.15) is 0 Å². The van der Waals surface area contributed by atoms with Crippen molar-refractivity contribution < 1.29 is 17.9 Å². The topological polar surface area (TPSA) is 88.1 Å². The summed E-state index contributed by atoms with van der Waals surface area (Å²) in [6.07, 6.45) is 0. The van der Waals surface area contributed by atoms with Gasteiger partial charge in [-0.1, -0.05) is 18.2 Å². The molecule has 140 valence electrons. The van der Waals surface area contributed by atoms with Gasteiger partial charge in [0.25, 0.3) is 15.9 Å². The van der Waals surface area contributed by atoms with Crippen molar-refractivity contribution in [3.63, 3.8) is 0 Å². The Morgan fingerprint density at radius 3 is 2.85 bits per heavy atom. The van der Waals surface area contributed by atoms with Crippen LogP contribution in [0.3, 0.4) is 0 Å². The van der Waals surface area contributed by atoms with Crippen molar-refractivity contribution in [2.45, 2.75) is 4.90 Å². The maximum absolute atomic E-state index is 12.4. The van der Waals surface area contributed by atoms with Crippen molar-refractivity contribution in [2.75, 3.05) is 30.3 Å². The maximum Gasteiger partial charge on any atom is 0.257 e. The van der Waals surface area contributed by atoms with Gasteiger partial charge in [-0.05, 0) is 42.1 Å². The molecule has 0 unspecified atom stereocenters. The summed E-state index contributed by atoms with van der Waals surface area (Å²) in [5.74, 6) is 0.558. The molecule has 2 aliphatic rings. The molecule has 1 N–H and O–H groups in total. The molecule has 9 heteroatoms. The third-order valence-corrected chi connectivity index (χ3v) is 6.44. The van der Waals surface area contributed by atoms with Crippen molar-refractivity contribution in [3.05, 3.63) is 54.1 Å². The third-order valence-electron chi connectivity index (χ3n) is 4.13. The number of benzene rings is 2. The Bertz CT molecular complexity index is 1010. The van der Waals surface area contributed by atoms with Crippen LogP contribution in [0, 0.1) is 0 Å². The number of nitrogens with one attached hydrogen (secondary N) is 1. The molecule has 0 radical (unpaired) electrons. The van der Waals surface area contributed by atoms with Crippen LogP contribution in [0.5, 0.6) is 5.75 Å². The summed E-state index contributed by atoms with van der Waals surface area (Å²) in [4.78, 5) is 15.1. The van der Waals surface area contributed by atoms with E-state index >= 15 is 0 Å². The van der Waals surface area contributed by atoms with Crippen LogP contribution in [0.4, 0.5) is 5.69 Å². The fourth-order valence-corrected chi connectivity index (χ4v) is 5.12. The number of hydrogen-bond acceptors (Lipinski definition) is 6. The Hall–Kier alpha value is -2.52. The summed E-state index contributed by atoms with van der Waals surface area (Å²) in [5, 5.41) is 3.27. The second-order valence-electron chi connectivity index (χ2n) is 6.01. The second-order valence-corrected chi connectivity index (χ2v) is 8.78. The third kappa shape index (κ3) is 3.93. The highest BCUT2D eigenvalue weighted by Crippen LogP contribution is 2.42. The lowest BCUT2D eigenvalue weighted by molar-refractivity contribution is 0.0947. The number of thioether (sulfide) groups is 1. The first kappa shape index (κ1) is 17.9. The Labute approximate surface area is 161 Å². The quantitative estimate of drug-likeness (QED) is 0.770. The van der Waals surface area contributed by atoms with Crippen LogP contribution >= 0.6 is 11.8 Å². The smallest absolute Gasteiger partial charge is 0.257 e. The number of carbonyl (C=O) groups excluding carboxylic acids is 1. The fourth-order valence-electron chi connectivity index (χ4n) is 2.82. The first-order valence-electron chi connectivity index (χ1n) is 8.40. The zero-order chi connectivity index (χ0) is 18.9. The number of fused-ring (bicyclic) bond motifs is 3. The SMILES string of the molecule is O=C(NCCOc1ccccc1)c1ccc2c(c1)SC1=NS(=O)(=O)CCN12. The van der Waals surface area contributed by atoms with E-state index in [0.717, 1.165) is 16.3 Å². The maximum atomic E-state index is 12.4. The van der Waals surface area contributed by atoms with Crippen LogP contribution in [0.15, 0.2) is 57.8 Å². The summed E-state index contributed by atoms with van der Waals surface area (Å²) >= 11 is 1.27. The number of para-hydroxylation sites is 1. The number of hydrogen-bond donors (Lipinski definition) is 1. The van der Waals surface area contributed by atoms with Gasteiger partial charge in [0, 0.05) is 17.0 Å². The van der Waals surface area contributed by atoms with E-state index in [-0.39, 0.29) is 11.7 Å². The first-order chi connectivity index (χ1) is 13.0. The Kier molecular flexibility index (Phi) is 4.79. The predicted molar refractivity (Wildman–Crippen MR) is 105 cm³/mol. The van der Waals surface area contributed by atoms with Gasteiger partial charge in [0.2, 0.25) is 0 Å². The molecule has 0 fully saturated rings. The van der Waals surface area contributed by atoms with Gasteiger partial charge in [0.1, 0.15) is 12.4 Å². The van der Waals surface area contributed by atoms with Crippen LogP contribution in [0.1, 0.15) is 10.4 Å². The zero-order valence-electron chi connectivity index (χ0n) is 14.3. The highest BCUT2D eigenvalue weighted by Gasteiger charge is 2.33. The summed E-state index contributed by atoms with van der Waals surface area (Å²) in [6.45, 7) is 1.14. The van der Waals surface area contributed by atoms with Gasteiger partial charge in [0.05, 0.1) is 18.0 Å². The highest BCUT2D eigenvalue weighted by atomic mass is 32.2. The molecule has 0 saturated heterocycles. The second kappa shape index (κ2) is 7.24. The zero-order valence-corrected chi connectivity index (χ0v) is 15.9. The monoisotopic (exact) mass is 403 g/mol. The molecule has 0 aromatic heterocycles. The lowest BCUT2D eigenvalue weighted by Gasteiger charge is -2.22. The van der Waals surface area contributed by atoms with Crippen molar-refractivity contribution in [1.29, 1.82) is 0 Å². The lowest BCUT2D eigenvalue weighted by Crippen LogP contribution is -2.35. The fraction of sp³-hybridized carbons (Fsp3) is 0.222. The minimum atomic E-state index is -3.39. The minimum absolute atomic E-state index is 0.000151. The molecule has 2 aromatic carbocycles. The Balaban J connectivity index is 1.38. The molecule has 1 amide bonds. The summed E-state index contributed by atoms with van der Waals surface area (Å²) < 4.78 is 32.7. The van der Waals surface area contributed by atoms with Gasteiger partial charge >= 0.3 is 0 Å². The molecule has 0 saturated carbocycles. The van der Waals surface area contributed by atoms with Crippen LogP contribution in [-0.4, -0.2) is 44.9 Å². The molecule has 0 spiro atoms. The van der Waals surface area contributed by atoms with Crippen molar-refractivity contribution >= 4 is 38.5 Å². The van der Waals surface area contributed by atoms with E-state index in [9.17, 15) is 13.2 Å². The van der Waals surface area contributed by atoms with Gasteiger partial charge in [0.15, 0.2) is 5.17 Å². The predicted octanol–water partition coefficient (Wildman–Crippen LogP) is 2.11. The average Bonchev–Trinajstić information content (AvgIpc) is 3.01. The van der Waals surface area contributed by atoms with Crippen molar-refractivity contribution in [2.24, 2.45) is 4.40 Å². The molecule has 0 atom stereocenters. The van der Waals surface area contributed by atoms with E-state index < -0.39 is 10.0 Å². The number of ether oxygens (including phenoxy) is 1. The largest absolute Gasteiger partial charge is 0.492 e. The van der Waals surface area contributed by atoms with E-state index in [1.165, 1.54) is 11.8 Å². The van der Waals surface area contributed by atoms with Gasteiger partial charge in [-0.15, -0.1) is 4.40 Å². The first-order valence-corrected chi connectivity index (χ1v) is 10.8. The molecule has 27 heavy (non-hydrogen) atoms. The van der Waals surface area contributed by atoms with E-state index in [1.54, 1.807) is 12.1 Å². The molecule has 4 rings (SSSR count). The number of rotatable bonds is 5. The number of amidine groups is 1. The summed E-state index contributed by atoms with van der Waals surface area (Å²) in [5.41, 5.74) is 1.40. The van der Waals surface area contributed by atoms with Crippen LogP contribution in [0.2, 0.25) is 0 Å². The summed E-state index contributed by atoms with van der Waals surface area (Å²) in [6, 6.07) is 14.7. The Morgan fingerprint density at radius 2 is 2.04 bits per heavy atom. The van der Waals surface area contributed by atoms with Gasteiger partial charge in [-0.3, -0.25) is 4.79 Å². The Morgan fingerprint density at radius 1 is 1.22 bits per heavy atom. The molecule has 2 heterocycles. The van der Waals surface area contributed by atoms with Gasteiger partial charge in [-0.25, -0.2) is 8.42 Å². The number of nitrogens with zero attached hydrogens (tertiary/aromatic N) is 2. The molecule has 2 aliphatic heterocycles. The standard InChI is InChI=1S/C18H17N3O4S2/c22-17(19-8-10-25-14-4-2-1-3-5-14)13-6-7-15-16(12-13)26-18-20-27(23,24)11-9-21(15)18/h1-7,12H,8-11H2,(H,19,22). The van der Waals surface area contributed by atoms with E-state index in [1.807, 2.05) is 41.3 Å². The molecular formula is C18H17N3O4S2. The lowest BCUT2D eigenvalue weighted by atomic mass is 10.2. The molecule has 2 aromatic rings. The average molecular weight is 403 g/mol. The van der Waals surface area contributed by atoms with E-state index in [4.69, 9.17) is 4.74 Å². The number of anilines is 1. The number of sulfonamides is 1. The summed E-state index contributed by atoms with van der Waals surface area (Å²) in [7, 11) is -3.39. The number of amides is 1. The number of carbonyl (C=O) groups is 1. The van der Waals surface area contributed by atoms with E-state index in [0.29, 0.717) is 30.4 Å². The van der Waals surface area contributed by atoms with Crippen LogP contribution in [0.25, 0.3) is 0 Å². The van der Waals surface area contributed by atoms with Crippen LogP contribution in [-0.2, 0) is 10.0 Å². The van der Waals surface area contributed by atoms with Gasteiger partial charge < -0.3 is 15.0 Å². The molecule has 0 bridgehead atoms. The highest BCUT2D eigenvalue weighted by molar-refractivity contribution is 8.15. The molecular weight excluding hydrogens is 386 g/mol. The van der Waals surface area contributed by atoms with E-state index in [2.05, 4.69) is 9.71 Å². The van der Waals surface area contributed by atoms with Crippen molar-refractivity contribution in [1.82, 2.24) is 5.32 Å². The molecule has 7 nitrogen and oxygen atoms in total.